The molecular formula is C7H4Br2F2N2O2. The van der Waals surface area contributed by atoms with Gasteiger partial charge in [-0.2, -0.15) is 0 Å². The lowest BCUT2D eigenvalue weighted by molar-refractivity contribution is -0.386. The third-order valence-corrected chi connectivity index (χ3v) is 3.07. The summed E-state index contributed by atoms with van der Waals surface area (Å²) in [5.74, 6) is 0. The zero-order valence-electron chi connectivity index (χ0n) is 7.08. The van der Waals surface area contributed by atoms with Crippen LogP contribution in [-0.2, 0) is 5.33 Å². The van der Waals surface area contributed by atoms with Crippen LogP contribution in [0, 0.1) is 10.1 Å². The van der Waals surface area contributed by atoms with Gasteiger partial charge >= 0.3 is 0 Å². The van der Waals surface area contributed by atoms with Crippen molar-refractivity contribution >= 4 is 37.5 Å². The minimum Gasteiger partial charge on any atom is -0.258 e. The van der Waals surface area contributed by atoms with Crippen molar-refractivity contribution in [1.29, 1.82) is 0 Å². The van der Waals surface area contributed by atoms with E-state index in [0.29, 0.717) is 5.69 Å². The van der Waals surface area contributed by atoms with Crippen LogP contribution < -0.4 is 0 Å². The van der Waals surface area contributed by atoms with Crippen LogP contribution in [0.15, 0.2) is 10.7 Å². The van der Waals surface area contributed by atoms with Crippen LogP contribution in [0.5, 0.6) is 0 Å². The van der Waals surface area contributed by atoms with Crippen molar-refractivity contribution in [2.24, 2.45) is 0 Å². The molecule has 0 unspecified atom stereocenters. The fraction of sp³-hybridized carbons (Fsp3) is 0.286. The fourth-order valence-electron chi connectivity index (χ4n) is 0.979. The molecule has 1 aromatic rings. The lowest BCUT2D eigenvalue weighted by Gasteiger charge is -2.06. The summed E-state index contributed by atoms with van der Waals surface area (Å²) < 4.78 is 25.2. The van der Waals surface area contributed by atoms with Gasteiger partial charge in [-0.15, -0.1) is 0 Å². The van der Waals surface area contributed by atoms with Crippen molar-refractivity contribution in [3.05, 3.63) is 32.0 Å². The molecule has 82 valence electrons. The summed E-state index contributed by atoms with van der Waals surface area (Å²) in [6.07, 6.45) is -2.08. The van der Waals surface area contributed by atoms with Crippen LogP contribution in [0.1, 0.15) is 17.7 Å². The highest BCUT2D eigenvalue weighted by molar-refractivity contribution is 9.10. The van der Waals surface area contributed by atoms with Gasteiger partial charge in [-0.25, -0.2) is 8.78 Å². The Balaban J connectivity index is 3.44. The molecule has 0 aliphatic carbocycles. The van der Waals surface area contributed by atoms with Crippen LogP contribution in [0.25, 0.3) is 0 Å². The minimum absolute atomic E-state index is 0.0245. The molecule has 0 aliphatic rings. The van der Waals surface area contributed by atoms with Gasteiger partial charge in [-0.1, -0.05) is 15.9 Å². The summed E-state index contributed by atoms with van der Waals surface area (Å²) in [5, 5.41) is 10.7. The molecule has 0 aliphatic heterocycles. The summed E-state index contributed by atoms with van der Waals surface area (Å²) in [6.45, 7) is 0. The second-order valence-corrected chi connectivity index (χ2v) is 3.86. The second-order valence-electron chi connectivity index (χ2n) is 2.51. The molecule has 0 aromatic carbocycles. The standard InChI is InChI=1S/C7H4Br2F2N2O2/c8-1-3-6(9)5(7(10)11)4(2-12-3)13(14)15/h2,7H,1H2. The van der Waals surface area contributed by atoms with E-state index in [1.807, 2.05) is 0 Å². The van der Waals surface area contributed by atoms with Crippen molar-refractivity contribution in [1.82, 2.24) is 4.98 Å². The molecule has 0 spiro atoms. The predicted molar refractivity (Wildman–Crippen MR) is 56.2 cm³/mol. The van der Waals surface area contributed by atoms with E-state index in [9.17, 15) is 18.9 Å². The molecule has 1 aromatic heterocycles. The van der Waals surface area contributed by atoms with Gasteiger partial charge in [0.25, 0.3) is 12.1 Å². The van der Waals surface area contributed by atoms with Gasteiger partial charge in [-0.3, -0.25) is 15.1 Å². The first-order valence-electron chi connectivity index (χ1n) is 3.64. The predicted octanol–water partition coefficient (Wildman–Crippen LogP) is 3.58. The summed E-state index contributed by atoms with van der Waals surface area (Å²) >= 11 is 5.93. The molecule has 15 heavy (non-hydrogen) atoms. The number of rotatable bonds is 3. The number of nitro groups is 1. The number of hydrogen-bond acceptors (Lipinski definition) is 3. The van der Waals surface area contributed by atoms with Gasteiger partial charge in [-0.05, 0) is 15.9 Å². The van der Waals surface area contributed by atoms with Crippen LogP contribution in [0.2, 0.25) is 0 Å². The average molecular weight is 346 g/mol. The third-order valence-electron chi connectivity index (χ3n) is 1.65. The number of halogens is 4. The zero-order valence-corrected chi connectivity index (χ0v) is 10.3. The van der Waals surface area contributed by atoms with E-state index in [0.717, 1.165) is 6.20 Å². The summed E-state index contributed by atoms with van der Waals surface area (Å²) in [6, 6.07) is 0. The second kappa shape index (κ2) is 4.93. The maximum atomic E-state index is 12.6. The van der Waals surface area contributed by atoms with Crippen LogP contribution >= 0.6 is 31.9 Å². The zero-order chi connectivity index (χ0) is 11.6. The quantitative estimate of drug-likeness (QED) is 0.478. The Morgan fingerprint density at radius 2 is 2.20 bits per heavy atom. The van der Waals surface area contributed by atoms with E-state index in [1.165, 1.54) is 0 Å². The summed E-state index contributed by atoms with van der Waals surface area (Å²) in [7, 11) is 0. The Morgan fingerprint density at radius 3 is 2.60 bits per heavy atom. The van der Waals surface area contributed by atoms with Gasteiger partial charge < -0.3 is 0 Å². The van der Waals surface area contributed by atoms with E-state index in [-0.39, 0.29) is 9.80 Å². The van der Waals surface area contributed by atoms with E-state index in [2.05, 4.69) is 36.8 Å². The first kappa shape index (κ1) is 12.4. The van der Waals surface area contributed by atoms with Crippen molar-refractivity contribution < 1.29 is 13.7 Å². The van der Waals surface area contributed by atoms with E-state index < -0.39 is 22.6 Å². The maximum absolute atomic E-state index is 12.6. The monoisotopic (exact) mass is 344 g/mol. The normalized spacial score (nSPS) is 10.7. The van der Waals surface area contributed by atoms with Gasteiger partial charge in [0.15, 0.2) is 0 Å². The van der Waals surface area contributed by atoms with Gasteiger partial charge in [0.05, 0.1) is 15.1 Å². The Bertz CT molecular complexity index is 401. The molecule has 0 N–H and O–H groups in total. The topological polar surface area (TPSA) is 56.0 Å². The maximum Gasteiger partial charge on any atom is 0.297 e. The highest BCUT2D eigenvalue weighted by Gasteiger charge is 2.27. The van der Waals surface area contributed by atoms with Crippen molar-refractivity contribution in [2.45, 2.75) is 11.8 Å². The molecule has 0 atom stereocenters. The molecule has 1 heterocycles. The first-order valence-corrected chi connectivity index (χ1v) is 5.56. The van der Waals surface area contributed by atoms with Gasteiger partial charge in [0, 0.05) is 5.33 Å². The van der Waals surface area contributed by atoms with Crippen molar-refractivity contribution in [2.75, 3.05) is 0 Å². The highest BCUT2D eigenvalue weighted by Crippen LogP contribution is 2.36. The number of hydrogen-bond donors (Lipinski definition) is 0. The van der Waals surface area contributed by atoms with Gasteiger partial charge in [0.2, 0.25) is 0 Å². The van der Waals surface area contributed by atoms with Gasteiger partial charge in [0.1, 0.15) is 11.8 Å². The Kier molecular flexibility index (Phi) is 4.09. The summed E-state index contributed by atoms with van der Waals surface area (Å²) in [5.41, 5.74) is -1.01. The molecule has 0 radical (unpaired) electrons. The highest BCUT2D eigenvalue weighted by atomic mass is 79.9. The molecule has 8 heteroatoms. The van der Waals surface area contributed by atoms with E-state index in [4.69, 9.17) is 0 Å². The number of aromatic nitrogens is 1. The number of alkyl halides is 3. The smallest absolute Gasteiger partial charge is 0.258 e. The lowest BCUT2D eigenvalue weighted by Crippen LogP contribution is -2.01. The molecule has 4 nitrogen and oxygen atoms in total. The van der Waals surface area contributed by atoms with Crippen molar-refractivity contribution in [3.8, 4) is 0 Å². The first-order chi connectivity index (χ1) is 6.99. The fourth-order valence-corrected chi connectivity index (χ4v) is 2.40. The largest absolute Gasteiger partial charge is 0.297 e. The average Bonchev–Trinajstić information content (AvgIpc) is 2.16. The lowest BCUT2D eigenvalue weighted by atomic mass is 10.2. The molecule has 0 fully saturated rings. The molecule has 0 saturated heterocycles. The Morgan fingerprint density at radius 1 is 1.60 bits per heavy atom. The summed E-state index contributed by atoms with van der Waals surface area (Å²) in [4.78, 5) is 13.3. The van der Waals surface area contributed by atoms with E-state index in [1.54, 1.807) is 0 Å². The number of nitrogens with zero attached hydrogens (tertiary/aromatic N) is 2. The number of pyridine rings is 1. The van der Waals surface area contributed by atoms with E-state index >= 15 is 0 Å². The molecular weight excluding hydrogens is 342 g/mol. The Hall–Kier alpha value is -0.630. The van der Waals surface area contributed by atoms with Crippen LogP contribution in [-0.4, -0.2) is 9.91 Å². The van der Waals surface area contributed by atoms with Crippen LogP contribution in [0.3, 0.4) is 0 Å². The van der Waals surface area contributed by atoms with Crippen molar-refractivity contribution in [3.63, 3.8) is 0 Å². The molecule has 1 rings (SSSR count). The molecule has 0 amide bonds. The molecule has 0 saturated carbocycles. The van der Waals surface area contributed by atoms with Crippen LogP contribution in [0.4, 0.5) is 14.5 Å². The Labute approximate surface area is 100 Å². The third kappa shape index (κ3) is 2.49. The molecule has 0 bridgehead atoms. The SMILES string of the molecule is O=[N+]([O-])c1cnc(CBr)c(Br)c1C(F)F. The minimum atomic E-state index is -2.92.